The molecule has 7 heteroatoms. The molecular formula is C21H30N2O5. The molecule has 1 atom stereocenters. The second kappa shape index (κ2) is 9.08. The minimum Gasteiger partial charge on any atom is -0.454 e. The number of benzene rings is 1. The van der Waals surface area contributed by atoms with Crippen molar-refractivity contribution < 1.29 is 23.9 Å². The summed E-state index contributed by atoms with van der Waals surface area (Å²) in [5, 5.41) is 2.82. The highest BCUT2D eigenvalue weighted by Crippen LogP contribution is 2.23. The van der Waals surface area contributed by atoms with Crippen molar-refractivity contribution in [3.63, 3.8) is 0 Å². The van der Waals surface area contributed by atoms with Gasteiger partial charge in [0.25, 0.3) is 5.91 Å². The number of anilines is 1. The van der Waals surface area contributed by atoms with Gasteiger partial charge in [0.15, 0.2) is 6.61 Å². The lowest BCUT2D eigenvalue weighted by molar-refractivity contribution is -0.151. The van der Waals surface area contributed by atoms with E-state index < -0.39 is 36.2 Å². The lowest BCUT2D eigenvalue weighted by Crippen LogP contribution is -2.44. The first-order chi connectivity index (χ1) is 13.1. The van der Waals surface area contributed by atoms with Crippen LogP contribution < -0.4 is 5.32 Å². The molecule has 1 aromatic carbocycles. The molecule has 1 fully saturated rings. The van der Waals surface area contributed by atoms with E-state index in [1.54, 1.807) is 20.8 Å². The zero-order chi connectivity index (χ0) is 20.9. The summed E-state index contributed by atoms with van der Waals surface area (Å²) in [6, 6.07) is 5.09. The van der Waals surface area contributed by atoms with Crippen LogP contribution in [0.4, 0.5) is 10.5 Å². The molecule has 0 aromatic heterocycles. The third kappa shape index (κ3) is 5.71. The molecule has 0 aliphatic carbocycles. The van der Waals surface area contributed by atoms with E-state index in [1.165, 1.54) is 4.90 Å². The number of nitrogens with one attached hydrogen (secondary N) is 1. The van der Waals surface area contributed by atoms with Gasteiger partial charge in [0.05, 0.1) is 0 Å². The Morgan fingerprint density at radius 2 is 1.96 bits per heavy atom. The average molecular weight is 390 g/mol. The van der Waals surface area contributed by atoms with Crippen LogP contribution in [-0.4, -0.2) is 47.7 Å². The number of carbonyl (C=O) groups is 3. The minimum atomic E-state index is -0.715. The van der Waals surface area contributed by atoms with Gasteiger partial charge in [-0.1, -0.05) is 25.1 Å². The topological polar surface area (TPSA) is 84.9 Å². The summed E-state index contributed by atoms with van der Waals surface area (Å²) in [5.74, 6) is -0.988. The number of rotatable bonds is 5. The normalized spacial score (nSPS) is 16.6. The molecule has 28 heavy (non-hydrogen) atoms. The van der Waals surface area contributed by atoms with Crippen molar-refractivity contribution in [2.75, 3.05) is 18.5 Å². The maximum atomic E-state index is 12.4. The molecule has 7 nitrogen and oxygen atoms in total. The van der Waals surface area contributed by atoms with Crippen LogP contribution in [0.3, 0.4) is 0 Å². The Kier molecular flexibility index (Phi) is 7.05. The van der Waals surface area contributed by atoms with E-state index in [0.29, 0.717) is 19.4 Å². The fourth-order valence-corrected chi connectivity index (χ4v) is 3.16. The molecule has 1 aromatic rings. The van der Waals surface area contributed by atoms with Gasteiger partial charge >= 0.3 is 12.1 Å². The number of hydrogen-bond acceptors (Lipinski definition) is 5. The molecule has 1 N–H and O–H groups in total. The van der Waals surface area contributed by atoms with E-state index in [4.69, 9.17) is 9.47 Å². The predicted octanol–water partition coefficient (Wildman–Crippen LogP) is 3.44. The van der Waals surface area contributed by atoms with Crippen molar-refractivity contribution in [1.29, 1.82) is 0 Å². The summed E-state index contributed by atoms with van der Waals surface area (Å²) in [6.07, 6.45) is 1.43. The Balaban J connectivity index is 1.92. The Morgan fingerprint density at radius 3 is 2.61 bits per heavy atom. The predicted molar refractivity (Wildman–Crippen MR) is 106 cm³/mol. The fraction of sp³-hybridized carbons (Fsp3) is 0.571. The molecule has 1 saturated heterocycles. The van der Waals surface area contributed by atoms with Crippen molar-refractivity contribution in [3.8, 4) is 0 Å². The number of ether oxygens (including phenoxy) is 2. The number of likely N-dealkylation sites (tertiary alicyclic amines) is 1. The van der Waals surface area contributed by atoms with Gasteiger partial charge in [-0.05, 0) is 58.1 Å². The molecule has 0 radical (unpaired) electrons. The van der Waals surface area contributed by atoms with E-state index in [-0.39, 0.29) is 0 Å². The quantitative estimate of drug-likeness (QED) is 0.779. The van der Waals surface area contributed by atoms with Gasteiger partial charge in [-0.25, -0.2) is 9.59 Å². The monoisotopic (exact) mass is 390 g/mol. The van der Waals surface area contributed by atoms with Crippen molar-refractivity contribution in [1.82, 2.24) is 4.90 Å². The molecule has 2 rings (SSSR count). The Morgan fingerprint density at radius 1 is 1.25 bits per heavy atom. The Bertz CT molecular complexity index is 739. The van der Waals surface area contributed by atoms with Crippen LogP contribution in [0.5, 0.6) is 0 Å². The number of hydrogen-bond donors (Lipinski definition) is 1. The van der Waals surface area contributed by atoms with Gasteiger partial charge < -0.3 is 14.8 Å². The molecule has 0 saturated carbocycles. The van der Waals surface area contributed by atoms with Crippen LogP contribution >= 0.6 is 0 Å². The Labute approximate surface area is 166 Å². The van der Waals surface area contributed by atoms with E-state index >= 15 is 0 Å². The zero-order valence-electron chi connectivity index (χ0n) is 17.3. The zero-order valence-corrected chi connectivity index (χ0v) is 17.3. The number of nitrogens with zero attached hydrogens (tertiary/aromatic N) is 1. The maximum absolute atomic E-state index is 12.4. The van der Waals surface area contributed by atoms with Crippen LogP contribution in [0.25, 0.3) is 0 Å². The molecule has 154 valence electrons. The molecule has 2 amide bonds. The molecule has 0 bridgehead atoms. The summed E-state index contributed by atoms with van der Waals surface area (Å²) in [7, 11) is 0. The van der Waals surface area contributed by atoms with Crippen molar-refractivity contribution in [2.45, 2.75) is 65.5 Å². The highest BCUT2D eigenvalue weighted by Gasteiger charge is 2.37. The third-order valence-electron chi connectivity index (χ3n) is 4.50. The van der Waals surface area contributed by atoms with E-state index in [0.717, 1.165) is 23.2 Å². The number of amides is 2. The summed E-state index contributed by atoms with van der Waals surface area (Å²) in [5.41, 5.74) is 2.08. The molecule has 0 unspecified atom stereocenters. The fourth-order valence-electron chi connectivity index (χ4n) is 3.16. The van der Waals surface area contributed by atoms with Gasteiger partial charge in [-0.2, -0.15) is 0 Å². The van der Waals surface area contributed by atoms with Crippen LogP contribution in [-0.2, 0) is 25.5 Å². The van der Waals surface area contributed by atoms with Gasteiger partial charge in [0, 0.05) is 12.2 Å². The van der Waals surface area contributed by atoms with Gasteiger partial charge in [0.2, 0.25) is 0 Å². The van der Waals surface area contributed by atoms with Crippen LogP contribution in [0, 0.1) is 6.92 Å². The van der Waals surface area contributed by atoms with Crippen LogP contribution in [0.1, 0.15) is 51.7 Å². The van der Waals surface area contributed by atoms with Crippen molar-refractivity contribution in [2.24, 2.45) is 0 Å². The second-order valence-corrected chi connectivity index (χ2v) is 7.95. The highest BCUT2D eigenvalue weighted by molar-refractivity contribution is 5.94. The maximum Gasteiger partial charge on any atom is 0.411 e. The van der Waals surface area contributed by atoms with Crippen molar-refractivity contribution in [3.05, 3.63) is 29.3 Å². The van der Waals surface area contributed by atoms with Gasteiger partial charge in [0.1, 0.15) is 11.6 Å². The second-order valence-electron chi connectivity index (χ2n) is 7.95. The standard InChI is InChI=1S/C21H30N2O5/c1-6-15-10-7-9-14(2)18(15)22-17(24)13-27-19(25)16-11-8-12-23(16)20(26)28-21(3,4)5/h7,9-10,16H,6,8,11-13H2,1-5H3,(H,22,24)/t16-/m0/s1. The van der Waals surface area contributed by atoms with E-state index in [9.17, 15) is 14.4 Å². The molecule has 1 aliphatic rings. The molecular weight excluding hydrogens is 360 g/mol. The number of esters is 1. The number of para-hydroxylation sites is 1. The van der Waals surface area contributed by atoms with E-state index in [2.05, 4.69) is 5.32 Å². The summed E-state index contributed by atoms with van der Waals surface area (Å²) < 4.78 is 10.5. The van der Waals surface area contributed by atoms with Crippen molar-refractivity contribution >= 4 is 23.7 Å². The molecule has 1 heterocycles. The summed E-state index contributed by atoms with van der Waals surface area (Å²) in [6.45, 7) is 9.28. The summed E-state index contributed by atoms with van der Waals surface area (Å²) in [4.78, 5) is 38.3. The first kappa shape index (κ1) is 21.7. The summed E-state index contributed by atoms with van der Waals surface area (Å²) >= 11 is 0. The average Bonchev–Trinajstić information content (AvgIpc) is 3.10. The smallest absolute Gasteiger partial charge is 0.411 e. The third-order valence-corrected chi connectivity index (χ3v) is 4.50. The largest absolute Gasteiger partial charge is 0.454 e. The SMILES string of the molecule is CCc1cccc(C)c1NC(=O)COC(=O)[C@@H]1CCCN1C(=O)OC(C)(C)C. The number of aryl methyl sites for hydroxylation is 2. The molecule has 1 aliphatic heterocycles. The first-order valence-corrected chi connectivity index (χ1v) is 9.67. The highest BCUT2D eigenvalue weighted by atomic mass is 16.6. The first-order valence-electron chi connectivity index (χ1n) is 9.67. The van der Waals surface area contributed by atoms with Crippen LogP contribution in [0.15, 0.2) is 18.2 Å². The van der Waals surface area contributed by atoms with Gasteiger partial charge in [-0.15, -0.1) is 0 Å². The lowest BCUT2D eigenvalue weighted by Gasteiger charge is -2.27. The number of carbonyl (C=O) groups excluding carboxylic acids is 3. The van der Waals surface area contributed by atoms with Gasteiger partial charge in [-0.3, -0.25) is 9.69 Å². The Hall–Kier alpha value is -2.57. The lowest BCUT2D eigenvalue weighted by atomic mass is 10.1. The van der Waals surface area contributed by atoms with Crippen LogP contribution in [0.2, 0.25) is 0 Å². The minimum absolute atomic E-state index is 0.394. The van der Waals surface area contributed by atoms with E-state index in [1.807, 2.05) is 32.0 Å². The molecule has 0 spiro atoms.